The third kappa shape index (κ3) is 7.49. The van der Waals surface area contributed by atoms with Gasteiger partial charge < -0.3 is 16.0 Å². The molecule has 0 spiro atoms. The van der Waals surface area contributed by atoms with Crippen LogP contribution >= 0.6 is 24.0 Å². The first-order chi connectivity index (χ1) is 7.15. The highest BCUT2D eigenvalue weighted by molar-refractivity contribution is 14.0. The Morgan fingerprint density at radius 1 is 1.50 bits per heavy atom. The summed E-state index contributed by atoms with van der Waals surface area (Å²) in [6.07, 6.45) is 1.62. The number of guanidine groups is 1. The van der Waals surface area contributed by atoms with Crippen LogP contribution < -0.4 is 11.1 Å². The first kappa shape index (κ1) is 17.6. The van der Waals surface area contributed by atoms with Crippen LogP contribution in [0.4, 0.5) is 0 Å². The molecule has 0 saturated heterocycles. The molecule has 0 fully saturated rings. The Morgan fingerprint density at radius 3 is 2.50 bits per heavy atom. The molecule has 1 amide bonds. The molecule has 3 N–H and O–H groups in total. The normalized spacial score (nSPS) is 10.2. The molecule has 0 atom stereocenters. The van der Waals surface area contributed by atoms with Crippen molar-refractivity contribution < 1.29 is 4.79 Å². The van der Waals surface area contributed by atoms with E-state index in [0.29, 0.717) is 12.5 Å². The van der Waals surface area contributed by atoms with Crippen LogP contribution in [0.3, 0.4) is 0 Å². The zero-order valence-corrected chi connectivity index (χ0v) is 12.2. The van der Waals surface area contributed by atoms with Gasteiger partial charge in [0.2, 0.25) is 5.91 Å². The summed E-state index contributed by atoms with van der Waals surface area (Å²) in [6.45, 7) is 9.59. The van der Waals surface area contributed by atoms with E-state index in [9.17, 15) is 4.79 Å². The van der Waals surface area contributed by atoms with E-state index in [1.54, 1.807) is 6.08 Å². The number of carbonyl (C=O) groups excluding carboxylic acids is 1. The van der Waals surface area contributed by atoms with Crippen molar-refractivity contribution >= 4 is 35.8 Å². The fourth-order valence-corrected chi connectivity index (χ4v) is 1.04. The lowest BCUT2D eigenvalue weighted by atomic mass is 10.5. The van der Waals surface area contributed by atoms with E-state index >= 15 is 0 Å². The highest BCUT2D eigenvalue weighted by atomic mass is 127. The first-order valence-corrected chi connectivity index (χ1v) is 5.08. The number of hydrogen-bond acceptors (Lipinski definition) is 2. The minimum atomic E-state index is -0.148. The van der Waals surface area contributed by atoms with Crippen LogP contribution in [0.15, 0.2) is 17.6 Å². The summed E-state index contributed by atoms with van der Waals surface area (Å²) in [5.41, 5.74) is 5.69. The van der Waals surface area contributed by atoms with Crippen molar-refractivity contribution in [2.75, 3.05) is 26.2 Å². The summed E-state index contributed by atoms with van der Waals surface area (Å²) in [7, 11) is 0. The summed E-state index contributed by atoms with van der Waals surface area (Å²) in [4.78, 5) is 17.0. The summed E-state index contributed by atoms with van der Waals surface area (Å²) < 4.78 is 0. The van der Waals surface area contributed by atoms with E-state index in [2.05, 4.69) is 16.9 Å². The molecule has 0 aromatic heterocycles. The molecule has 0 saturated carbocycles. The van der Waals surface area contributed by atoms with E-state index in [-0.39, 0.29) is 36.4 Å². The molecule has 0 radical (unpaired) electrons. The number of nitrogens with one attached hydrogen (secondary N) is 1. The molecule has 16 heavy (non-hydrogen) atoms. The van der Waals surface area contributed by atoms with Crippen molar-refractivity contribution in [3.05, 3.63) is 12.7 Å². The number of rotatable bonds is 6. The van der Waals surface area contributed by atoms with Gasteiger partial charge in [0.05, 0.1) is 0 Å². The maximum atomic E-state index is 11.2. The molecular formula is C10H21IN4O. The van der Waals surface area contributed by atoms with Gasteiger partial charge in [-0.15, -0.1) is 30.6 Å². The molecule has 0 unspecified atom stereocenters. The molecule has 5 nitrogen and oxygen atoms in total. The van der Waals surface area contributed by atoms with E-state index in [1.165, 1.54) is 0 Å². The topological polar surface area (TPSA) is 70.7 Å². The van der Waals surface area contributed by atoms with Crippen molar-refractivity contribution in [2.45, 2.75) is 13.8 Å². The average Bonchev–Trinajstić information content (AvgIpc) is 2.25. The number of nitrogens with zero attached hydrogens (tertiary/aromatic N) is 2. The second-order valence-electron chi connectivity index (χ2n) is 2.94. The minimum Gasteiger partial charge on any atom is -0.370 e. The Hall–Kier alpha value is -0.790. The van der Waals surface area contributed by atoms with Crippen molar-refractivity contribution in [2.24, 2.45) is 10.7 Å². The largest absolute Gasteiger partial charge is 0.370 e. The first-order valence-electron chi connectivity index (χ1n) is 5.08. The van der Waals surface area contributed by atoms with Crippen LogP contribution in [0.25, 0.3) is 0 Å². The Morgan fingerprint density at radius 2 is 2.06 bits per heavy atom. The Bertz CT molecular complexity index is 239. The third-order valence-corrected chi connectivity index (χ3v) is 1.92. The van der Waals surface area contributed by atoms with Gasteiger partial charge in [-0.25, -0.2) is 4.99 Å². The number of nitrogens with two attached hydrogens (primary N) is 1. The number of aliphatic imine (C=N–C) groups is 1. The molecule has 0 aromatic carbocycles. The van der Waals surface area contributed by atoms with E-state index in [4.69, 9.17) is 5.73 Å². The van der Waals surface area contributed by atoms with Crippen molar-refractivity contribution in [3.63, 3.8) is 0 Å². The molecule has 94 valence electrons. The van der Waals surface area contributed by atoms with Crippen LogP contribution in [-0.2, 0) is 4.79 Å². The number of carbonyl (C=O) groups is 1. The molecule has 0 aliphatic rings. The average molecular weight is 340 g/mol. The Kier molecular flexibility index (Phi) is 11.8. The summed E-state index contributed by atoms with van der Waals surface area (Å²) in [5, 5.41) is 2.62. The molecule has 0 aliphatic heterocycles. The quantitative estimate of drug-likeness (QED) is 0.321. The van der Waals surface area contributed by atoms with Crippen molar-refractivity contribution in [1.82, 2.24) is 10.2 Å². The Labute approximate surface area is 114 Å². The standard InChI is InChI=1S/C10H20N4O.HI/c1-4-7-12-9(15)8-13-10(11)14(5-2)6-3;/h4H,1,5-8H2,2-3H3,(H2,11,13)(H,12,15);1H. The SMILES string of the molecule is C=CCNC(=O)CN=C(N)N(CC)CC.I. The zero-order chi connectivity index (χ0) is 11.7. The monoisotopic (exact) mass is 340 g/mol. The molecule has 0 rings (SSSR count). The number of hydrogen-bond donors (Lipinski definition) is 2. The van der Waals surface area contributed by atoms with Crippen LogP contribution in [0.2, 0.25) is 0 Å². The highest BCUT2D eigenvalue weighted by Gasteiger charge is 2.03. The Balaban J connectivity index is 0. The maximum absolute atomic E-state index is 11.2. The van der Waals surface area contributed by atoms with Crippen LogP contribution in [-0.4, -0.2) is 42.9 Å². The van der Waals surface area contributed by atoms with Crippen molar-refractivity contribution in [1.29, 1.82) is 0 Å². The van der Waals surface area contributed by atoms with Gasteiger partial charge in [0.1, 0.15) is 6.54 Å². The second-order valence-corrected chi connectivity index (χ2v) is 2.94. The lowest BCUT2D eigenvalue weighted by Crippen LogP contribution is -2.38. The van der Waals surface area contributed by atoms with Gasteiger partial charge in [-0.05, 0) is 13.8 Å². The molecular weight excluding hydrogens is 319 g/mol. The smallest absolute Gasteiger partial charge is 0.242 e. The fraction of sp³-hybridized carbons (Fsp3) is 0.600. The number of halogens is 1. The van der Waals surface area contributed by atoms with Gasteiger partial charge in [-0.2, -0.15) is 0 Å². The van der Waals surface area contributed by atoms with Gasteiger partial charge in [0, 0.05) is 19.6 Å². The maximum Gasteiger partial charge on any atom is 0.242 e. The van der Waals surface area contributed by atoms with E-state index < -0.39 is 0 Å². The lowest BCUT2D eigenvalue weighted by Gasteiger charge is -2.19. The van der Waals surface area contributed by atoms with Crippen molar-refractivity contribution in [3.8, 4) is 0 Å². The van der Waals surface area contributed by atoms with Gasteiger partial charge in [0.25, 0.3) is 0 Å². The summed E-state index contributed by atoms with van der Waals surface area (Å²) in [5.74, 6) is 0.263. The number of amides is 1. The van der Waals surface area contributed by atoms with E-state index in [1.807, 2.05) is 18.7 Å². The summed E-state index contributed by atoms with van der Waals surface area (Å²) in [6, 6.07) is 0. The molecule has 0 aromatic rings. The van der Waals surface area contributed by atoms with Crippen LogP contribution in [0.1, 0.15) is 13.8 Å². The molecule has 0 aliphatic carbocycles. The highest BCUT2D eigenvalue weighted by Crippen LogP contribution is 1.86. The predicted octanol–water partition coefficient (Wildman–Crippen LogP) is 0.563. The lowest BCUT2D eigenvalue weighted by molar-refractivity contribution is -0.119. The molecule has 0 heterocycles. The van der Waals surface area contributed by atoms with Gasteiger partial charge in [0.15, 0.2) is 5.96 Å². The fourth-order valence-electron chi connectivity index (χ4n) is 1.04. The second kappa shape index (κ2) is 10.7. The van der Waals surface area contributed by atoms with Gasteiger partial charge in [-0.1, -0.05) is 6.08 Å². The molecule has 6 heteroatoms. The predicted molar refractivity (Wildman–Crippen MR) is 78.0 cm³/mol. The minimum absolute atomic E-state index is 0. The third-order valence-electron chi connectivity index (χ3n) is 1.92. The zero-order valence-electron chi connectivity index (χ0n) is 9.90. The van der Waals surface area contributed by atoms with Crippen LogP contribution in [0, 0.1) is 0 Å². The molecule has 0 bridgehead atoms. The van der Waals surface area contributed by atoms with Gasteiger partial charge >= 0.3 is 0 Å². The van der Waals surface area contributed by atoms with Crippen LogP contribution in [0.5, 0.6) is 0 Å². The van der Waals surface area contributed by atoms with Gasteiger partial charge in [-0.3, -0.25) is 4.79 Å². The summed E-state index contributed by atoms with van der Waals surface area (Å²) >= 11 is 0. The van der Waals surface area contributed by atoms with E-state index in [0.717, 1.165) is 13.1 Å².